The summed E-state index contributed by atoms with van der Waals surface area (Å²) in [4.78, 5) is 38.9. The average Bonchev–Trinajstić information content (AvgIpc) is 2.98. The second kappa shape index (κ2) is 7.12. The summed E-state index contributed by atoms with van der Waals surface area (Å²) >= 11 is 0. The molecule has 3 amide bonds. The highest BCUT2D eigenvalue weighted by Crippen LogP contribution is 2.28. The Morgan fingerprint density at radius 3 is 2.14 bits per heavy atom. The van der Waals surface area contributed by atoms with Crippen molar-refractivity contribution in [3.05, 3.63) is 101 Å². The predicted octanol–water partition coefficient (Wildman–Crippen LogP) is 3.73. The summed E-state index contributed by atoms with van der Waals surface area (Å²) < 4.78 is 0. The number of carbonyl (C=O) groups is 3. The molecule has 0 aliphatic carbocycles. The quantitative estimate of drug-likeness (QED) is 0.712. The minimum Gasteiger partial charge on any atom is -0.348 e. The van der Waals surface area contributed by atoms with Gasteiger partial charge in [-0.15, -0.1) is 0 Å². The highest BCUT2D eigenvalue weighted by molar-refractivity contribution is 6.34. The Morgan fingerprint density at radius 2 is 1.50 bits per heavy atom. The maximum absolute atomic E-state index is 12.6. The number of aryl methyl sites for hydroxylation is 1. The molecule has 0 unspecified atom stereocenters. The second-order valence-corrected chi connectivity index (χ2v) is 6.71. The third-order valence-corrected chi connectivity index (χ3v) is 4.73. The van der Waals surface area contributed by atoms with Gasteiger partial charge in [0.25, 0.3) is 17.7 Å². The van der Waals surface area contributed by atoms with Crippen LogP contribution in [0.2, 0.25) is 0 Å². The molecule has 0 saturated carbocycles. The Kier molecular flexibility index (Phi) is 4.49. The summed E-state index contributed by atoms with van der Waals surface area (Å²) in [5.74, 6) is -1.02. The van der Waals surface area contributed by atoms with Crippen LogP contribution in [-0.2, 0) is 6.54 Å². The number of nitrogens with zero attached hydrogens (tertiary/aromatic N) is 1. The van der Waals surface area contributed by atoms with Gasteiger partial charge in [0.2, 0.25) is 0 Å². The zero-order chi connectivity index (χ0) is 19.7. The van der Waals surface area contributed by atoms with E-state index in [0.717, 1.165) is 16.0 Å². The van der Waals surface area contributed by atoms with Crippen LogP contribution in [0.4, 0.5) is 5.69 Å². The zero-order valence-corrected chi connectivity index (χ0v) is 15.3. The Hall–Kier alpha value is -3.73. The van der Waals surface area contributed by atoms with Gasteiger partial charge in [-0.2, -0.15) is 0 Å². The van der Waals surface area contributed by atoms with E-state index < -0.39 is 0 Å². The molecule has 0 radical (unpaired) electrons. The molecule has 4 rings (SSSR count). The first-order chi connectivity index (χ1) is 13.5. The summed E-state index contributed by atoms with van der Waals surface area (Å²) in [6, 6.07) is 21.2. The van der Waals surface area contributed by atoms with Gasteiger partial charge in [0.15, 0.2) is 0 Å². The van der Waals surface area contributed by atoms with Crippen molar-refractivity contribution in [2.75, 3.05) is 4.90 Å². The van der Waals surface area contributed by atoms with Gasteiger partial charge >= 0.3 is 0 Å². The molecule has 0 spiro atoms. The van der Waals surface area contributed by atoms with Crippen LogP contribution in [0.15, 0.2) is 72.8 Å². The van der Waals surface area contributed by atoms with Gasteiger partial charge in [-0.25, -0.2) is 4.90 Å². The first-order valence-corrected chi connectivity index (χ1v) is 8.96. The summed E-state index contributed by atoms with van der Waals surface area (Å²) in [5, 5.41) is 2.86. The van der Waals surface area contributed by atoms with Crippen LogP contribution in [0.25, 0.3) is 0 Å². The van der Waals surface area contributed by atoms with Crippen LogP contribution < -0.4 is 10.2 Å². The van der Waals surface area contributed by atoms with Gasteiger partial charge in [-0.1, -0.05) is 48.0 Å². The molecule has 1 aliphatic rings. The van der Waals surface area contributed by atoms with Crippen LogP contribution in [0.3, 0.4) is 0 Å². The Bertz CT molecular complexity index is 1050. The number of hydrogen-bond acceptors (Lipinski definition) is 3. The minimum atomic E-state index is -0.377. The van der Waals surface area contributed by atoms with Crippen LogP contribution in [-0.4, -0.2) is 17.7 Å². The minimum absolute atomic E-state index is 0.265. The van der Waals surface area contributed by atoms with Crippen molar-refractivity contribution in [2.24, 2.45) is 0 Å². The molecule has 3 aromatic rings. The lowest BCUT2D eigenvalue weighted by molar-refractivity contribution is 0.0919. The third kappa shape index (κ3) is 3.18. The molecule has 0 atom stereocenters. The van der Waals surface area contributed by atoms with Crippen molar-refractivity contribution in [3.8, 4) is 0 Å². The molecule has 0 bridgehead atoms. The fraction of sp³-hybridized carbons (Fsp3) is 0.0870. The molecular weight excluding hydrogens is 352 g/mol. The molecule has 3 aromatic carbocycles. The van der Waals surface area contributed by atoms with E-state index in [2.05, 4.69) is 5.32 Å². The van der Waals surface area contributed by atoms with Crippen LogP contribution >= 0.6 is 0 Å². The highest BCUT2D eigenvalue weighted by atomic mass is 16.2. The molecule has 1 N–H and O–H groups in total. The van der Waals surface area contributed by atoms with Crippen molar-refractivity contribution >= 4 is 23.4 Å². The van der Waals surface area contributed by atoms with Gasteiger partial charge in [0.1, 0.15) is 0 Å². The van der Waals surface area contributed by atoms with E-state index in [1.54, 1.807) is 48.5 Å². The Balaban J connectivity index is 1.53. The van der Waals surface area contributed by atoms with E-state index in [9.17, 15) is 14.4 Å². The third-order valence-electron chi connectivity index (χ3n) is 4.73. The highest BCUT2D eigenvalue weighted by Gasteiger charge is 2.36. The van der Waals surface area contributed by atoms with Gasteiger partial charge in [-0.3, -0.25) is 14.4 Å². The molecule has 0 fully saturated rings. The molecule has 28 heavy (non-hydrogen) atoms. The maximum atomic E-state index is 12.6. The fourth-order valence-corrected chi connectivity index (χ4v) is 3.20. The first-order valence-electron chi connectivity index (χ1n) is 8.96. The number of rotatable bonds is 4. The van der Waals surface area contributed by atoms with Gasteiger partial charge in [-0.05, 0) is 42.8 Å². The second-order valence-electron chi connectivity index (χ2n) is 6.71. The predicted molar refractivity (Wildman–Crippen MR) is 106 cm³/mol. The summed E-state index contributed by atoms with van der Waals surface area (Å²) in [7, 11) is 0. The van der Waals surface area contributed by atoms with Gasteiger partial charge in [0, 0.05) is 12.1 Å². The van der Waals surface area contributed by atoms with Crippen LogP contribution in [0.1, 0.15) is 42.2 Å². The molecule has 138 valence electrons. The largest absolute Gasteiger partial charge is 0.348 e. The number of fused-ring (bicyclic) bond motifs is 1. The monoisotopic (exact) mass is 370 g/mol. The van der Waals surface area contributed by atoms with Crippen molar-refractivity contribution in [2.45, 2.75) is 13.5 Å². The molecule has 5 nitrogen and oxygen atoms in total. The average molecular weight is 370 g/mol. The van der Waals surface area contributed by atoms with E-state index >= 15 is 0 Å². The van der Waals surface area contributed by atoms with Crippen molar-refractivity contribution in [1.29, 1.82) is 0 Å². The topological polar surface area (TPSA) is 66.5 Å². The first kappa shape index (κ1) is 17.7. The number of imide groups is 1. The smallest absolute Gasteiger partial charge is 0.266 e. The SMILES string of the molecule is Cc1ccc(CNC(=O)c2cccc(N3C(=O)c4ccccc4C3=O)c2)cc1. The zero-order valence-electron chi connectivity index (χ0n) is 15.3. The molecule has 0 aromatic heterocycles. The fourth-order valence-electron chi connectivity index (χ4n) is 3.20. The van der Waals surface area contributed by atoms with E-state index in [0.29, 0.717) is 28.9 Å². The number of amides is 3. The van der Waals surface area contributed by atoms with Crippen molar-refractivity contribution in [3.63, 3.8) is 0 Å². The van der Waals surface area contributed by atoms with E-state index in [-0.39, 0.29) is 17.7 Å². The number of nitrogens with one attached hydrogen (secondary N) is 1. The Labute approximate surface area is 162 Å². The maximum Gasteiger partial charge on any atom is 0.266 e. The van der Waals surface area contributed by atoms with Gasteiger partial charge < -0.3 is 5.32 Å². The lowest BCUT2D eigenvalue weighted by Crippen LogP contribution is -2.30. The molecule has 5 heteroatoms. The van der Waals surface area contributed by atoms with E-state index in [1.807, 2.05) is 31.2 Å². The molecule has 0 saturated heterocycles. The van der Waals surface area contributed by atoms with E-state index in [1.165, 1.54) is 0 Å². The number of hydrogen-bond donors (Lipinski definition) is 1. The van der Waals surface area contributed by atoms with E-state index in [4.69, 9.17) is 0 Å². The number of carbonyl (C=O) groups excluding carboxylic acids is 3. The number of benzene rings is 3. The Morgan fingerprint density at radius 1 is 0.857 bits per heavy atom. The van der Waals surface area contributed by atoms with Crippen molar-refractivity contribution in [1.82, 2.24) is 5.32 Å². The molecular formula is C23H18N2O3. The standard InChI is InChI=1S/C23H18N2O3/c1-15-9-11-16(12-10-15)14-24-21(26)17-5-4-6-18(13-17)25-22(27)19-7-2-3-8-20(19)23(25)28/h2-13H,14H2,1H3,(H,24,26). The van der Waals surface area contributed by atoms with Gasteiger partial charge in [0.05, 0.1) is 16.8 Å². The summed E-state index contributed by atoms with van der Waals surface area (Å²) in [6.07, 6.45) is 0. The molecule has 1 aliphatic heterocycles. The summed E-state index contributed by atoms with van der Waals surface area (Å²) in [5.41, 5.74) is 3.68. The van der Waals surface area contributed by atoms with Crippen molar-refractivity contribution < 1.29 is 14.4 Å². The van der Waals surface area contributed by atoms with Crippen LogP contribution in [0.5, 0.6) is 0 Å². The number of anilines is 1. The lowest BCUT2D eigenvalue weighted by Gasteiger charge is -2.15. The summed E-state index contributed by atoms with van der Waals surface area (Å²) in [6.45, 7) is 2.41. The normalized spacial score (nSPS) is 12.8. The lowest BCUT2D eigenvalue weighted by atomic mass is 10.1. The van der Waals surface area contributed by atoms with Crippen LogP contribution in [0, 0.1) is 6.92 Å². The molecule has 1 heterocycles.